The van der Waals surface area contributed by atoms with E-state index in [-0.39, 0.29) is 18.2 Å². The van der Waals surface area contributed by atoms with Crippen LogP contribution < -0.4 is 14.9 Å². The van der Waals surface area contributed by atoms with Crippen LogP contribution in [0.4, 0.5) is 5.69 Å². The number of ether oxygens (including phenoxy) is 2. The third-order valence-corrected chi connectivity index (χ3v) is 4.71. The van der Waals surface area contributed by atoms with E-state index in [1.807, 2.05) is 6.92 Å². The summed E-state index contributed by atoms with van der Waals surface area (Å²) in [5.41, 5.74) is 4.25. The zero-order valence-corrected chi connectivity index (χ0v) is 18.6. The lowest BCUT2D eigenvalue weighted by Crippen LogP contribution is -2.17. The lowest BCUT2D eigenvalue weighted by Gasteiger charge is -2.10. The van der Waals surface area contributed by atoms with Crippen molar-refractivity contribution in [3.8, 4) is 11.5 Å². The summed E-state index contributed by atoms with van der Waals surface area (Å²) in [7, 11) is 0. The number of hydrogen-bond acceptors (Lipinski definition) is 6. The molecule has 3 aromatic carbocycles. The largest absolute Gasteiger partial charge is 0.494 e. The van der Waals surface area contributed by atoms with Crippen molar-refractivity contribution in [2.24, 2.45) is 5.10 Å². The summed E-state index contributed by atoms with van der Waals surface area (Å²) in [6.07, 6.45) is 2.34. The average molecular weight is 468 g/mol. The van der Waals surface area contributed by atoms with E-state index < -0.39 is 4.92 Å². The van der Waals surface area contributed by atoms with Gasteiger partial charge >= 0.3 is 0 Å². The van der Waals surface area contributed by atoms with Gasteiger partial charge in [0.05, 0.1) is 17.7 Å². The zero-order valence-electron chi connectivity index (χ0n) is 17.9. The summed E-state index contributed by atoms with van der Waals surface area (Å²) in [6, 6.07) is 17.9. The van der Waals surface area contributed by atoms with E-state index in [0.29, 0.717) is 34.3 Å². The van der Waals surface area contributed by atoms with Gasteiger partial charge in [-0.25, -0.2) is 5.43 Å². The third kappa shape index (κ3) is 7.05. The summed E-state index contributed by atoms with van der Waals surface area (Å²) in [4.78, 5) is 22.6. The van der Waals surface area contributed by atoms with Crippen molar-refractivity contribution in [1.29, 1.82) is 0 Å². The second-order valence-corrected chi connectivity index (χ2v) is 7.40. The van der Waals surface area contributed by atoms with Crippen molar-refractivity contribution in [3.05, 3.63) is 98.6 Å². The molecule has 1 N–H and O–H groups in total. The van der Waals surface area contributed by atoms with Crippen molar-refractivity contribution in [3.63, 3.8) is 0 Å². The number of carbonyl (C=O) groups excluding carboxylic acids is 1. The molecule has 0 fully saturated rings. The van der Waals surface area contributed by atoms with Crippen LogP contribution in [0.5, 0.6) is 11.5 Å². The van der Waals surface area contributed by atoms with E-state index in [2.05, 4.69) is 10.5 Å². The topological polar surface area (TPSA) is 103 Å². The first-order chi connectivity index (χ1) is 16.0. The number of amides is 1. The Bertz CT molecular complexity index is 1130. The first-order valence-corrected chi connectivity index (χ1v) is 10.6. The van der Waals surface area contributed by atoms with Crippen LogP contribution in [0.15, 0.2) is 71.8 Å². The van der Waals surface area contributed by atoms with E-state index in [1.165, 1.54) is 18.3 Å². The number of non-ortho nitro benzene ring substituents is 1. The van der Waals surface area contributed by atoms with Gasteiger partial charge in [-0.05, 0) is 66.6 Å². The van der Waals surface area contributed by atoms with Gasteiger partial charge in [-0.1, -0.05) is 18.5 Å². The Hall–Kier alpha value is -3.91. The Morgan fingerprint density at radius 1 is 1.09 bits per heavy atom. The van der Waals surface area contributed by atoms with Crippen LogP contribution >= 0.6 is 11.6 Å². The summed E-state index contributed by atoms with van der Waals surface area (Å²) < 4.78 is 11.3. The minimum atomic E-state index is -0.457. The Morgan fingerprint density at radius 2 is 1.82 bits per heavy atom. The minimum absolute atomic E-state index is 0.0110. The lowest BCUT2D eigenvalue weighted by molar-refractivity contribution is -0.384. The number of nitro benzene ring substituents is 1. The highest BCUT2D eigenvalue weighted by Gasteiger charge is 2.08. The molecule has 0 aliphatic carbocycles. The number of hydrazone groups is 1. The maximum atomic E-state index is 12.3. The Labute approximate surface area is 195 Å². The van der Waals surface area contributed by atoms with Gasteiger partial charge < -0.3 is 9.47 Å². The molecule has 0 bridgehead atoms. The molecular formula is C24H22ClN3O5. The quantitative estimate of drug-likeness (QED) is 0.245. The second kappa shape index (κ2) is 11.6. The number of benzene rings is 3. The highest BCUT2D eigenvalue weighted by Crippen LogP contribution is 2.23. The molecule has 3 rings (SSSR count). The van der Waals surface area contributed by atoms with Gasteiger partial charge in [-0.15, -0.1) is 0 Å². The fourth-order valence-electron chi connectivity index (χ4n) is 2.77. The first-order valence-electron chi connectivity index (χ1n) is 10.2. The van der Waals surface area contributed by atoms with Crippen molar-refractivity contribution in [1.82, 2.24) is 5.43 Å². The van der Waals surface area contributed by atoms with Crippen molar-refractivity contribution >= 4 is 29.4 Å². The van der Waals surface area contributed by atoms with E-state index in [0.717, 1.165) is 12.0 Å². The zero-order chi connectivity index (χ0) is 23.6. The fraction of sp³-hybridized carbons (Fsp3) is 0.167. The van der Waals surface area contributed by atoms with Gasteiger partial charge in [0, 0.05) is 28.3 Å². The van der Waals surface area contributed by atoms with Crippen molar-refractivity contribution in [2.75, 3.05) is 6.61 Å². The van der Waals surface area contributed by atoms with E-state index in [4.69, 9.17) is 21.1 Å². The maximum Gasteiger partial charge on any atom is 0.271 e. The van der Waals surface area contributed by atoms with Crippen LogP contribution in [0.25, 0.3) is 0 Å². The third-order valence-electron chi connectivity index (χ3n) is 4.47. The predicted molar refractivity (Wildman–Crippen MR) is 126 cm³/mol. The molecule has 0 atom stereocenters. The summed E-state index contributed by atoms with van der Waals surface area (Å²) in [6.45, 7) is 2.83. The molecule has 0 unspecified atom stereocenters. The van der Waals surface area contributed by atoms with Crippen LogP contribution in [-0.2, 0) is 6.61 Å². The standard InChI is InChI=1S/C24H22ClN3O5/c1-2-13-32-22-10-5-18(6-11-22)24(29)27-26-15-19-14-20(25)7-12-23(19)33-16-17-3-8-21(9-4-17)28(30)31/h3-12,14-15H,2,13,16H2,1H3,(H,27,29)/b26-15-. The van der Waals surface area contributed by atoms with Crippen LogP contribution in [-0.4, -0.2) is 23.7 Å². The first kappa shape index (κ1) is 23.7. The Morgan fingerprint density at radius 3 is 2.48 bits per heavy atom. The maximum absolute atomic E-state index is 12.3. The number of nitrogens with one attached hydrogen (secondary N) is 1. The molecule has 0 aliphatic heterocycles. The minimum Gasteiger partial charge on any atom is -0.494 e. The van der Waals surface area contributed by atoms with E-state index >= 15 is 0 Å². The number of nitrogens with zero attached hydrogens (tertiary/aromatic N) is 2. The Kier molecular flexibility index (Phi) is 8.37. The highest BCUT2D eigenvalue weighted by molar-refractivity contribution is 6.30. The number of halogens is 1. The molecule has 1 amide bonds. The number of rotatable bonds is 10. The second-order valence-electron chi connectivity index (χ2n) is 6.97. The van der Waals surface area contributed by atoms with Gasteiger partial charge in [0.25, 0.3) is 11.6 Å². The van der Waals surface area contributed by atoms with Crippen LogP contribution in [0.1, 0.15) is 34.8 Å². The van der Waals surface area contributed by atoms with Gasteiger partial charge in [0.1, 0.15) is 18.1 Å². The smallest absolute Gasteiger partial charge is 0.271 e. The molecule has 3 aromatic rings. The average Bonchev–Trinajstić information content (AvgIpc) is 2.82. The van der Waals surface area contributed by atoms with E-state index in [1.54, 1.807) is 54.6 Å². The lowest BCUT2D eigenvalue weighted by atomic mass is 10.2. The normalized spacial score (nSPS) is 10.7. The molecule has 0 aliphatic rings. The van der Waals surface area contributed by atoms with Crippen molar-refractivity contribution < 1.29 is 19.2 Å². The van der Waals surface area contributed by atoms with Crippen LogP contribution in [0.2, 0.25) is 5.02 Å². The van der Waals surface area contributed by atoms with E-state index in [9.17, 15) is 14.9 Å². The molecule has 0 heterocycles. The number of nitro groups is 1. The molecule has 0 saturated heterocycles. The van der Waals surface area contributed by atoms with Crippen LogP contribution in [0.3, 0.4) is 0 Å². The molecule has 0 aromatic heterocycles. The van der Waals surface area contributed by atoms with Crippen LogP contribution in [0, 0.1) is 10.1 Å². The SMILES string of the molecule is CCCOc1ccc(C(=O)N/N=C\c2cc(Cl)ccc2OCc2ccc([N+](=O)[O-])cc2)cc1. The highest BCUT2D eigenvalue weighted by atomic mass is 35.5. The molecule has 9 heteroatoms. The molecule has 8 nitrogen and oxygen atoms in total. The van der Waals surface area contributed by atoms with Gasteiger partial charge in [-0.2, -0.15) is 5.10 Å². The summed E-state index contributed by atoms with van der Waals surface area (Å²) >= 11 is 6.09. The molecule has 170 valence electrons. The van der Waals surface area contributed by atoms with Crippen molar-refractivity contribution in [2.45, 2.75) is 20.0 Å². The van der Waals surface area contributed by atoms with Gasteiger partial charge in [0.2, 0.25) is 0 Å². The molecule has 0 saturated carbocycles. The summed E-state index contributed by atoms with van der Waals surface area (Å²) in [5, 5.41) is 15.3. The fourth-order valence-corrected chi connectivity index (χ4v) is 2.95. The monoisotopic (exact) mass is 467 g/mol. The van der Waals surface area contributed by atoms with Gasteiger partial charge in [0.15, 0.2) is 0 Å². The molecule has 0 spiro atoms. The molecule has 0 radical (unpaired) electrons. The summed E-state index contributed by atoms with van der Waals surface area (Å²) in [5.74, 6) is 0.822. The van der Waals surface area contributed by atoms with Gasteiger partial charge in [-0.3, -0.25) is 14.9 Å². The molecular weight excluding hydrogens is 446 g/mol. The predicted octanol–water partition coefficient (Wildman–Crippen LogP) is 5.38. The Balaban J connectivity index is 1.62. The molecule has 33 heavy (non-hydrogen) atoms. The number of carbonyl (C=O) groups is 1. The number of hydrogen-bond donors (Lipinski definition) is 1.